The van der Waals surface area contributed by atoms with Gasteiger partial charge >= 0.3 is 5.97 Å². The molecule has 0 saturated carbocycles. The van der Waals surface area contributed by atoms with Gasteiger partial charge in [0.25, 0.3) is 5.91 Å². The van der Waals surface area contributed by atoms with E-state index in [1.807, 2.05) is 43.3 Å². The second kappa shape index (κ2) is 5.56. The van der Waals surface area contributed by atoms with Crippen molar-refractivity contribution in [1.82, 2.24) is 0 Å². The monoisotopic (exact) mass is 283 g/mol. The Balaban J connectivity index is 1.82. The normalized spacial score (nSPS) is 13.0. The molecule has 1 amide bonds. The van der Waals surface area contributed by atoms with Crippen LogP contribution in [0, 0.1) is 0 Å². The Labute approximate surface area is 123 Å². The molecule has 4 heteroatoms. The van der Waals surface area contributed by atoms with Crippen LogP contribution in [0.25, 0.3) is 10.8 Å². The van der Waals surface area contributed by atoms with E-state index in [-0.39, 0.29) is 18.6 Å². The maximum Gasteiger partial charge on any atom is 0.307 e. The highest BCUT2D eigenvalue weighted by Crippen LogP contribution is 2.36. The molecular formula is C17H17NO3. The van der Waals surface area contributed by atoms with E-state index in [0.717, 1.165) is 29.3 Å². The van der Waals surface area contributed by atoms with Crippen LogP contribution in [0.4, 0.5) is 5.69 Å². The molecule has 1 aliphatic heterocycles. The molecule has 21 heavy (non-hydrogen) atoms. The Kier molecular flexibility index (Phi) is 3.60. The van der Waals surface area contributed by atoms with Crippen molar-refractivity contribution in [3.8, 4) is 0 Å². The molecule has 0 aliphatic carbocycles. The summed E-state index contributed by atoms with van der Waals surface area (Å²) < 4.78 is 5.23. The molecule has 1 heterocycles. The number of anilines is 1. The molecular weight excluding hydrogens is 266 g/mol. The van der Waals surface area contributed by atoms with Crippen molar-refractivity contribution in [2.75, 3.05) is 11.6 Å². The van der Waals surface area contributed by atoms with E-state index >= 15 is 0 Å². The molecule has 0 unspecified atom stereocenters. The van der Waals surface area contributed by atoms with Gasteiger partial charge in [-0.1, -0.05) is 37.6 Å². The minimum Gasteiger partial charge on any atom is -0.444 e. The zero-order chi connectivity index (χ0) is 14.8. The van der Waals surface area contributed by atoms with Crippen LogP contribution >= 0.6 is 0 Å². The number of benzene rings is 2. The van der Waals surface area contributed by atoms with Gasteiger partial charge in [-0.3, -0.25) is 14.5 Å². The molecule has 1 aliphatic rings. The van der Waals surface area contributed by atoms with Crippen molar-refractivity contribution >= 4 is 28.3 Å². The van der Waals surface area contributed by atoms with Crippen molar-refractivity contribution in [3.63, 3.8) is 0 Å². The van der Waals surface area contributed by atoms with Crippen molar-refractivity contribution in [1.29, 1.82) is 0 Å². The number of nitrogens with zero attached hydrogens (tertiary/aromatic N) is 1. The third-order valence-corrected chi connectivity index (χ3v) is 3.74. The van der Waals surface area contributed by atoms with Crippen LogP contribution in [0.3, 0.4) is 0 Å². The molecule has 4 nitrogen and oxygen atoms in total. The van der Waals surface area contributed by atoms with Gasteiger partial charge in [0.2, 0.25) is 0 Å². The van der Waals surface area contributed by atoms with Crippen LogP contribution in [0.5, 0.6) is 0 Å². The molecule has 0 bridgehead atoms. The number of hydrogen-bond donors (Lipinski definition) is 0. The van der Waals surface area contributed by atoms with Crippen LogP contribution < -0.4 is 4.90 Å². The first kappa shape index (κ1) is 13.6. The molecule has 3 rings (SSSR count). The zero-order valence-electron chi connectivity index (χ0n) is 12.0. The standard InChI is InChI=1S/C17H17NO3/c1-2-3-10-15(19)21-11-18-14-9-5-7-12-6-4-8-13(16(12)14)17(18)20/h4-9H,2-3,10-11H2,1H3. The Hall–Kier alpha value is -2.36. The predicted octanol–water partition coefficient (Wildman–Crippen LogP) is 3.49. The summed E-state index contributed by atoms with van der Waals surface area (Å²) >= 11 is 0. The fraction of sp³-hybridized carbons (Fsp3) is 0.294. The van der Waals surface area contributed by atoms with E-state index in [4.69, 9.17) is 4.74 Å². The minimum absolute atomic E-state index is 0.0187. The second-order valence-electron chi connectivity index (χ2n) is 5.16. The van der Waals surface area contributed by atoms with Gasteiger partial charge in [-0.25, -0.2) is 0 Å². The largest absolute Gasteiger partial charge is 0.444 e. The molecule has 0 radical (unpaired) electrons. The predicted molar refractivity (Wildman–Crippen MR) is 81.2 cm³/mol. The van der Waals surface area contributed by atoms with Crippen LogP contribution in [0.2, 0.25) is 0 Å². The number of unbranched alkanes of at least 4 members (excludes halogenated alkanes) is 1. The van der Waals surface area contributed by atoms with E-state index in [0.29, 0.717) is 12.0 Å². The summed E-state index contributed by atoms with van der Waals surface area (Å²) in [7, 11) is 0. The van der Waals surface area contributed by atoms with Crippen molar-refractivity contribution in [2.45, 2.75) is 26.2 Å². The average molecular weight is 283 g/mol. The number of hydrogen-bond acceptors (Lipinski definition) is 3. The lowest BCUT2D eigenvalue weighted by Crippen LogP contribution is -2.30. The van der Waals surface area contributed by atoms with Gasteiger partial charge in [-0.2, -0.15) is 0 Å². The summed E-state index contributed by atoms with van der Waals surface area (Å²) in [5.74, 6) is -0.363. The fourth-order valence-electron chi connectivity index (χ4n) is 2.64. The van der Waals surface area contributed by atoms with Crippen molar-refractivity contribution in [3.05, 3.63) is 42.0 Å². The van der Waals surface area contributed by atoms with Gasteiger partial charge < -0.3 is 4.74 Å². The maximum absolute atomic E-state index is 12.4. The summed E-state index contributed by atoms with van der Waals surface area (Å²) in [6.45, 7) is 2.00. The SMILES string of the molecule is CCCCC(=O)OCN1C(=O)c2cccc3cccc1c23. The number of amides is 1. The number of esters is 1. The first-order valence-electron chi connectivity index (χ1n) is 7.21. The molecule has 108 valence electrons. The number of carbonyl (C=O) groups is 2. The third kappa shape index (κ3) is 2.37. The maximum atomic E-state index is 12.4. The molecule has 0 atom stereocenters. The van der Waals surface area contributed by atoms with Crippen LogP contribution in [0.1, 0.15) is 36.5 Å². The first-order valence-corrected chi connectivity index (χ1v) is 7.21. The zero-order valence-corrected chi connectivity index (χ0v) is 12.0. The van der Waals surface area contributed by atoms with Gasteiger partial charge in [0.05, 0.1) is 5.69 Å². The van der Waals surface area contributed by atoms with Gasteiger partial charge in [0, 0.05) is 17.4 Å². The van der Waals surface area contributed by atoms with E-state index in [1.165, 1.54) is 4.90 Å². The lowest BCUT2D eigenvalue weighted by atomic mass is 10.1. The highest BCUT2D eigenvalue weighted by Gasteiger charge is 2.30. The number of rotatable bonds is 5. The molecule has 0 saturated heterocycles. The first-order chi connectivity index (χ1) is 10.2. The highest BCUT2D eigenvalue weighted by molar-refractivity contribution is 6.24. The van der Waals surface area contributed by atoms with E-state index in [2.05, 4.69) is 0 Å². The van der Waals surface area contributed by atoms with Crippen molar-refractivity contribution < 1.29 is 14.3 Å². The Morgan fingerprint density at radius 1 is 1.19 bits per heavy atom. The third-order valence-electron chi connectivity index (χ3n) is 3.74. The summed E-state index contributed by atoms with van der Waals surface area (Å²) in [5.41, 5.74) is 1.49. The molecule has 2 aromatic carbocycles. The Bertz CT molecular complexity index is 703. The van der Waals surface area contributed by atoms with Crippen LogP contribution in [0.15, 0.2) is 36.4 Å². The van der Waals surface area contributed by atoms with Crippen molar-refractivity contribution in [2.24, 2.45) is 0 Å². The van der Waals surface area contributed by atoms with Gasteiger partial charge in [0.15, 0.2) is 6.73 Å². The Morgan fingerprint density at radius 2 is 1.95 bits per heavy atom. The van der Waals surface area contributed by atoms with Gasteiger partial charge in [-0.05, 0) is 23.9 Å². The topological polar surface area (TPSA) is 46.6 Å². The Morgan fingerprint density at radius 3 is 2.71 bits per heavy atom. The number of ether oxygens (including phenoxy) is 1. The number of carbonyl (C=O) groups excluding carboxylic acids is 2. The lowest BCUT2D eigenvalue weighted by molar-refractivity contribution is -0.143. The quantitative estimate of drug-likeness (QED) is 0.789. The highest BCUT2D eigenvalue weighted by atomic mass is 16.5. The lowest BCUT2D eigenvalue weighted by Gasteiger charge is -2.17. The summed E-state index contributed by atoms with van der Waals surface area (Å²) in [6.07, 6.45) is 2.15. The summed E-state index contributed by atoms with van der Waals surface area (Å²) in [6, 6.07) is 11.4. The van der Waals surface area contributed by atoms with Crippen LogP contribution in [-0.4, -0.2) is 18.6 Å². The molecule has 0 fully saturated rings. The van der Waals surface area contributed by atoms with Crippen LogP contribution in [-0.2, 0) is 9.53 Å². The molecule has 2 aromatic rings. The second-order valence-corrected chi connectivity index (χ2v) is 5.16. The summed E-state index contributed by atoms with van der Waals surface area (Å²) in [4.78, 5) is 25.6. The molecule has 0 spiro atoms. The van der Waals surface area contributed by atoms with E-state index in [9.17, 15) is 9.59 Å². The molecule has 0 N–H and O–H groups in total. The smallest absolute Gasteiger partial charge is 0.307 e. The summed E-state index contributed by atoms with van der Waals surface area (Å²) in [5, 5.41) is 1.97. The van der Waals surface area contributed by atoms with E-state index < -0.39 is 0 Å². The average Bonchev–Trinajstić information content (AvgIpc) is 2.78. The fourth-order valence-corrected chi connectivity index (χ4v) is 2.64. The van der Waals surface area contributed by atoms with Gasteiger partial charge in [0.1, 0.15) is 0 Å². The van der Waals surface area contributed by atoms with Gasteiger partial charge in [-0.15, -0.1) is 0 Å². The molecule has 0 aromatic heterocycles. The van der Waals surface area contributed by atoms with E-state index in [1.54, 1.807) is 0 Å². The minimum atomic E-state index is -0.257.